The number of aryl methyl sites for hydroxylation is 1. The molecule has 2 fully saturated rings. The van der Waals surface area contributed by atoms with Gasteiger partial charge < -0.3 is 26.2 Å². The van der Waals surface area contributed by atoms with Crippen molar-refractivity contribution in [2.45, 2.75) is 69.9 Å². The second-order valence-corrected chi connectivity index (χ2v) is 11.5. The molecule has 206 valence electrons. The van der Waals surface area contributed by atoms with Crippen LogP contribution < -0.4 is 11.1 Å². The van der Waals surface area contributed by atoms with Gasteiger partial charge in [-0.1, -0.05) is 53.6 Å². The van der Waals surface area contributed by atoms with Crippen molar-refractivity contribution in [3.05, 3.63) is 69.7 Å². The summed E-state index contributed by atoms with van der Waals surface area (Å²) < 4.78 is 0. The van der Waals surface area contributed by atoms with E-state index in [0.717, 1.165) is 54.4 Å². The topological polar surface area (TPSA) is 116 Å². The summed E-state index contributed by atoms with van der Waals surface area (Å²) in [6.07, 6.45) is 4.30. The summed E-state index contributed by atoms with van der Waals surface area (Å²) in [5.41, 5.74) is 8.72. The maximum atomic E-state index is 13.4. The van der Waals surface area contributed by atoms with E-state index in [4.69, 9.17) is 22.4 Å². The fraction of sp³-hybridized carbons (Fsp3) is 0.533. The van der Waals surface area contributed by atoms with E-state index in [0.29, 0.717) is 37.4 Å². The lowest BCUT2D eigenvalue weighted by molar-refractivity contribution is -0.141. The Kier molecular flexibility index (Phi) is 9.34. The molecule has 1 saturated heterocycles. The molecule has 0 radical (unpaired) electrons. The Morgan fingerprint density at radius 3 is 2.68 bits per heavy atom. The van der Waals surface area contributed by atoms with Crippen molar-refractivity contribution in [2.24, 2.45) is 17.6 Å². The Bertz CT molecular complexity index is 1140. The average Bonchev–Trinajstić information content (AvgIpc) is 3.33. The summed E-state index contributed by atoms with van der Waals surface area (Å²) in [6.45, 7) is 3.43. The zero-order chi connectivity index (χ0) is 27.3. The number of nitrogens with zero attached hydrogens (tertiary/aromatic N) is 1. The molecule has 1 aliphatic heterocycles. The number of aliphatic hydroxyl groups is 1. The predicted octanol–water partition coefficient (Wildman–Crippen LogP) is 4.84. The highest BCUT2D eigenvalue weighted by Gasteiger charge is 2.43. The van der Waals surface area contributed by atoms with E-state index in [9.17, 15) is 14.7 Å². The number of hydrogen-bond acceptors (Lipinski definition) is 4. The molecule has 1 aliphatic carbocycles. The molecule has 1 saturated carbocycles. The number of nitrogens with two attached hydrogens (primary N) is 1. The SMILES string of the molecule is Cc1cccc(Cc2c(Cl)cccc2C(O)(CCCNC(=O)O)C2CCCN(C(=O)C3CCC(N)C3)C2)c1. The molecule has 0 spiro atoms. The Labute approximate surface area is 230 Å². The summed E-state index contributed by atoms with van der Waals surface area (Å²) in [6, 6.07) is 14.0. The highest BCUT2D eigenvalue weighted by atomic mass is 35.5. The van der Waals surface area contributed by atoms with Crippen LogP contribution in [0.2, 0.25) is 5.02 Å². The van der Waals surface area contributed by atoms with E-state index >= 15 is 0 Å². The first-order chi connectivity index (χ1) is 18.2. The van der Waals surface area contributed by atoms with E-state index in [1.807, 2.05) is 42.2 Å². The van der Waals surface area contributed by atoms with E-state index < -0.39 is 11.7 Å². The Morgan fingerprint density at radius 1 is 1.18 bits per heavy atom. The van der Waals surface area contributed by atoms with Crippen LogP contribution in [0.4, 0.5) is 4.79 Å². The van der Waals surface area contributed by atoms with Crippen molar-refractivity contribution >= 4 is 23.6 Å². The van der Waals surface area contributed by atoms with Crippen LogP contribution >= 0.6 is 11.6 Å². The fourth-order valence-electron chi connectivity index (χ4n) is 6.35. The van der Waals surface area contributed by atoms with Gasteiger partial charge in [-0.3, -0.25) is 4.79 Å². The number of rotatable bonds is 9. The minimum absolute atomic E-state index is 0.0420. The van der Waals surface area contributed by atoms with Gasteiger partial charge in [-0.2, -0.15) is 0 Å². The van der Waals surface area contributed by atoms with Crippen LogP contribution in [-0.4, -0.2) is 52.8 Å². The highest BCUT2D eigenvalue weighted by Crippen LogP contribution is 2.43. The van der Waals surface area contributed by atoms with Crippen LogP contribution in [0.3, 0.4) is 0 Å². The van der Waals surface area contributed by atoms with Crippen LogP contribution in [0.5, 0.6) is 0 Å². The first-order valence-corrected chi connectivity index (χ1v) is 14.1. The summed E-state index contributed by atoms with van der Waals surface area (Å²) in [7, 11) is 0. The molecule has 2 aliphatic rings. The molecule has 4 unspecified atom stereocenters. The van der Waals surface area contributed by atoms with Gasteiger partial charge in [0.1, 0.15) is 0 Å². The third-order valence-electron chi connectivity index (χ3n) is 8.29. The first kappa shape index (κ1) is 28.4. The molecular weight excluding hydrogens is 502 g/mol. The number of benzene rings is 2. The van der Waals surface area contributed by atoms with E-state index in [1.165, 1.54) is 0 Å². The molecule has 2 aromatic carbocycles. The Balaban J connectivity index is 1.65. The lowest BCUT2D eigenvalue weighted by atomic mass is 9.72. The molecular formula is C30H40ClN3O4. The second-order valence-electron chi connectivity index (χ2n) is 11.1. The van der Waals surface area contributed by atoms with Crippen LogP contribution in [0.15, 0.2) is 42.5 Å². The van der Waals surface area contributed by atoms with E-state index in [-0.39, 0.29) is 30.3 Å². The van der Waals surface area contributed by atoms with Gasteiger partial charge in [0.2, 0.25) is 5.91 Å². The number of amides is 2. The summed E-state index contributed by atoms with van der Waals surface area (Å²) in [5, 5.41) is 24.6. The maximum Gasteiger partial charge on any atom is 0.404 e. The molecule has 38 heavy (non-hydrogen) atoms. The van der Waals surface area contributed by atoms with Gasteiger partial charge in [-0.15, -0.1) is 0 Å². The van der Waals surface area contributed by atoms with Gasteiger partial charge in [0.15, 0.2) is 0 Å². The van der Waals surface area contributed by atoms with Gasteiger partial charge >= 0.3 is 6.09 Å². The third kappa shape index (κ3) is 6.68. The molecule has 8 heteroatoms. The van der Waals surface area contributed by atoms with Crippen molar-refractivity contribution in [1.82, 2.24) is 10.2 Å². The summed E-state index contributed by atoms with van der Waals surface area (Å²) in [4.78, 5) is 26.3. The van der Waals surface area contributed by atoms with Crippen LogP contribution in [0.1, 0.15) is 67.2 Å². The van der Waals surface area contributed by atoms with E-state index in [1.54, 1.807) is 0 Å². The van der Waals surface area contributed by atoms with E-state index in [2.05, 4.69) is 17.4 Å². The van der Waals surface area contributed by atoms with Gasteiger partial charge in [-0.05, 0) is 81.0 Å². The minimum Gasteiger partial charge on any atom is -0.465 e. The maximum absolute atomic E-state index is 13.4. The standard InChI is InChI=1S/C30H40ClN3O4/c1-20-6-2-7-21(16-20)17-25-26(9-3-10-27(25)31)30(38,13-5-14-33-29(36)37)23-8-4-15-34(19-23)28(35)22-11-12-24(32)18-22/h2-3,6-7,9-10,16,22-24,33,38H,4-5,8,11-15,17-19,32H2,1H3,(H,36,37). The Morgan fingerprint density at radius 2 is 1.97 bits per heavy atom. The van der Waals surface area contributed by atoms with Crippen molar-refractivity contribution in [3.8, 4) is 0 Å². The number of piperidine rings is 1. The van der Waals surface area contributed by atoms with Gasteiger partial charge in [0.05, 0.1) is 5.60 Å². The van der Waals surface area contributed by atoms with Crippen LogP contribution in [0, 0.1) is 18.8 Å². The molecule has 4 rings (SSSR count). The van der Waals surface area contributed by atoms with Gasteiger partial charge in [0, 0.05) is 42.5 Å². The van der Waals surface area contributed by atoms with Gasteiger partial charge in [0.25, 0.3) is 0 Å². The number of hydrogen-bond donors (Lipinski definition) is 4. The molecule has 0 bridgehead atoms. The molecule has 1 heterocycles. The molecule has 7 nitrogen and oxygen atoms in total. The zero-order valence-corrected chi connectivity index (χ0v) is 22.9. The molecule has 2 amide bonds. The number of halogens is 1. The van der Waals surface area contributed by atoms with Gasteiger partial charge in [-0.25, -0.2) is 4.79 Å². The van der Waals surface area contributed by atoms with Crippen molar-refractivity contribution in [1.29, 1.82) is 0 Å². The largest absolute Gasteiger partial charge is 0.465 e. The smallest absolute Gasteiger partial charge is 0.404 e. The number of carbonyl (C=O) groups is 2. The van der Waals surface area contributed by atoms with Crippen LogP contribution in [-0.2, 0) is 16.8 Å². The molecule has 0 aromatic heterocycles. The molecule has 4 atom stereocenters. The number of carboxylic acid groups (broad SMARTS) is 1. The number of likely N-dealkylation sites (tertiary alicyclic amines) is 1. The summed E-state index contributed by atoms with van der Waals surface area (Å²) >= 11 is 6.77. The zero-order valence-electron chi connectivity index (χ0n) is 22.2. The average molecular weight is 542 g/mol. The fourth-order valence-corrected chi connectivity index (χ4v) is 6.59. The Hall–Kier alpha value is -2.61. The highest BCUT2D eigenvalue weighted by molar-refractivity contribution is 6.31. The van der Waals surface area contributed by atoms with Crippen molar-refractivity contribution < 1.29 is 19.8 Å². The predicted molar refractivity (Wildman–Crippen MR) is 149 cm³/mol. The minimum atomic E-state index is -1.27. The molecule has 5 N–H and O–H groups in total. The number of nitrogens with one attached hydrogen (secondary N) is 1. The lowest BCUT2D eigenvalue weighted by Gasteiger charge is -2.44. The third-order valence-corrected chi connectivity index (χ3v) is 8.64. The lowest BCUT2D eigenvalue weighted by Crippen LogP contribution is -2.50. The van der Waals surface area contributed by atoms with Crippen molar-refractivity contribution in [2.75, 3.05) is 19.6 Å². The molecule has 2 aromatic rings. The van der Waals surface area contributed by atoms with Crippen molar-refractivity contribution in [3.63, 3.8) is 0 Å². The monoisotopic (exact) mass is 541 g/mol. The second kappa shape index (κ2) is 12.5. The number of carbonyl (C=O) groups excluding carboxylic acids is 1. The first-order valence-electron chi connectivity index (χ1n) is 13.7. The quantitative estimate of drug-likeness (QED) is 0.339. The van der Waals surface area contributed by atoms with Crippen LogP contribution in [0.25, 0.3) is 0 Å². The summed E-state index contributed by atoms with van der Waals surface area (Å²) in [5.74, 6) is -0.0990. The normalized spacial score (nSPS) is 23.2.